The molecule has 8 heteroatoms. The van der Waals surface area contributed by atoms with Crippen molar-refractivity contribution in [1.29, 1.82) is 0 Å². The van der Waals surface area contributed by atoms with Gasteiger partial charge in [0, 0.05) is 30.2 Å². The van der Waals surface area contributed by atoms with Crippen LogP contribution in [0, 0.1) is 0 Å². The molecule has 232 valence electrons. The van der Waals surface area contributed by atoms with E-state index >= 15 is 0 Å². The second-order valence-corrected chi connectivity index (χ2v) is 9.35. The van der Waals surface area contributed by atoms with E-state index in [0.29, 0.717) is 43.8 Å². The zero-order chi connectivity index (χ0) is 31.9. The molecule has 0 bridgehead atoms. The van der Waals surface area contributed by atoms with Gasteiger partial charge in [0.2, 0.25) is 0 Å². The first-order valence-corrected chi connectivity index (χ1v) is 13.6. The average molecular weight is 569 g/mol. The molecule has 8 nitrogen and oxygen atoms in total. The number of epoxide rings is 1. The van der Waals surface area contributed by atoms with Crippen molar-refractivity contribution in [3.8, 4) is 0 Å². The van der Waals surface area contributed by atoms with E-state index in [-0.39, 0.29) is 31.3 Å². The van der Waals surface area contributed by atoms with Crippen molar-refractivity contribution in [1.82, 2.24) is 0 Å². The lowest BCUT2D eigenvalue weighted by Gasteiger charge is -2.04. The van der Waals surface area contributed by atoms with Crippen LogP contribution in [0.25, 0.3) is 0 Å². The fraction of sp³-hybridized carbons (Fsp3) is 0.594. The van der Waals surface area contributed by atoms with Gasteiger partial charge in [0.25, 0.3) is 0 Å². The van der Waals surface area contributed by atoms with Crippen molar-refractivity contribution in [3.63, 3.8) is 0 Å². The van der Waals surface area contributed by atoms with Crippen molar-refractivity contribution in [3.05, 3.63) is 61.3 Å². The molecular formula is C32H56O8. The predicted octanol–water partition coefficient (Wildman–Crippen LogP) is 6.84. The number of hydrogen-bond donors (Lipinski definition) is 1. The van der Waals surface area contributed by atoms with E-state index in [1.165, 1.54) is 24.0 Å². The van der Waals surface area contributed by atoms with Crippen molar-refractivity contribution >= 4 is 17.9 Å². The largest absolute Gasteiger partial charge is 0.462 e. The highest BCUT2D eigenvalue weighted by atomic mass is 16.6. The Morgan fingerprint density at radius 1 is 0.825 bits per heavy atom. The Kier molecular flexibility index (Phi) is 35.5. The van der Waals surface area contributed by atoms with Crippen LogP contribution in [0.1, 0.15) is 87.0 Å². The third-order valence-corrected chi connectivity index (χ3v) is 3.81. The lowest BCUT2D eigenvalue weighted by atomic mass is 10.2. The van der Waals surface area contributed by atoms with Gasteiger partial charge in [-0.2, -0.15) is 0 Å². The number of rotatable bonds is 14. The van der Waals surface area contributed by atoms with E-state index in [4.69, 9.17) is 19.3 Å². The molecule has 0 spiro atoms. The summed E-state index contributed by atoms with van der Waals surface area (Å²) in [6, 6.07) is 0. The van der Waals surface area contributed by atoms with Crippen LogP contribution in [-0.4, -0.2) is 62.2 Å². The average Bonchev–Trinajstić information content (AvgIpc) is 3.71. The molecule has 40 heavy (non-hydrogen) atoms. The van der Waals surface area contributed by atoms with E-state index < -0.39 is 5.97 Å². The van der Waals surface area contributed by atoms with Crippen LogP contribution in [0.3, 0.4) is 0 Å². The molecule has 1 aliphatic heterocycles. The molecule has 1 aliphatic rings. The minimum Gasteiger partial charge on any atom is -0.462 e. The van der Waals surface area contributed by atoms with E-state index in [9.17, 15) is 14.4 Å². The predicted molar refractivity (Wildman–Crippen MR) is 164 cm³/mol. The van der Waals surface area contributed by atoms with E-state index in [1.807, 2.05) is 34.6 Å². The second kappa shape index (κ2) is 32.2. The molecule has 0 aromatic rings. The van der Waals surface area contributed by atoms with Crippen LogP contribution in [-0.2, 0) is 33.3 Å². The molecule has 1 heterocycles. The van der Waals surface area contributed by atoms with Crippen molar-refractivity contribution in [2.45, 2.75) is 93.1 Å². The second-order valence-electron chi connectivity index (χ2n) is 9.35. The smallest absolute Gasteiger partial charge is 0.333 e. The number of ether oxygens (including phenoxy) is 4. The van der Waals surface area contributed by atoms with Gasteiger partial charge in [-0.05, 0) is 47.5 Å². The highest BCUT2D eigenvalue weighted by Crippen LogP contribution is 2.09. The van der Waals surface area contributed by atoms with Crippen molar-refractivity contribution in [2.24, 2.45) is 0 Å². The summed E-state index contributed by atoms with van der Waals surface area (Å²) in [6.07, 6.45) is 6.93. The first kappa shape index (κ1) is 44.1. The quantitative estimate of drug-likeness (QED) is 0.0605. The van der Waals surface area contributed by atoms with Crippen LogP contribution in [0.4, 0.5) is 0 Å². The van der Waals surface area contributed by atoms with Gasteiger partial charge in [-0.3, -0.25) is 0 Å². The maximum absolute atomic E-state index is 11.1. The number of unbranched alkanes of at least 4 members (excludes halogenated alkanes) is 3. The molecule has 0 aromatic heterocycles. The van der Waals surface area contributed by atoms with Crippen LogP contribution in [0.2, 0.25) is 0 Å². The fourth-order valence-corrected chi connectivity index (χ4v) is 1.69. The Bertz CT molecular complexity index is 728. The van der Waals surface area contributed by atoms with Gasteiger partial charge >= 0.3 is 17.9 Å². The molecule has 0 aromatic carbocycles. The number of aliphatic hydroxyl groups excluding tert-OH is 1. The Labute approximate surface area is 243 Å². The molecule has 0 amide bonds. The molecule has 1 atom stereocenters. The van der Waals surface area contributed by atoms with Gasteiger partial charge < -0.3 is 24.1 Å². The molecular weight excluding hydrogens is 512 g/mol. The SMILES string of the molecule is C=C(C)C.C=C(C)C.C=C(C)C(=O)OCC1CO1.C=C(CC)C(=O)OCCCCCC.C=CC(=O)OCCCO. The molecule has 1 unspecified atom stereocenters. The zero-order valence-corrected chi connectivity index (χ0v) is 26.3. The molecule has 1 fully saturated rings. The van der Waals surface area contributed by atoms with Gasteiger partial charge in [0.15, 0.2) is 0 Å². The highest BCUT2D eigenvalue weighted by molar-refractivity contribution is 5.87. The summed E-state index contributed by atoms with van der Waals surface area (Å²) in [5.74, 6) is -1.02. The molecule has 1 saturated heterocycles. The number of hydrogen-bond acceptors (Lipinski definition) is 8. The third-order valence-electron chi connectivity index (χ3n) is 3.81. The number of carbonyl (C=O) groups excluding carboxylic acids is 3. The molecule has 0 saturated carbocycles. The minimum atomic E-state index is -0.441. The first-order valence-electron chi connectivity index (χ1n) is 13.6. The summed E-state index contributed by atoms with van der Waals surface area (Å²) >= 11 is 0. The van der Waals surface area contributed by atoms with Gasteiger partial charge in [-0.25, -0.2) is 14.4 Å². The minimum absolute atomic E-state index is 0.0461. The lowest BCUT2D eigenvalue weighted by Crippen LogP contribution is -2.09. The summed E-state index contributed by atoms with van der Waals surface area (Å²) < 4.78 is 19.1. The number of esters is 3. The Morgan fingerprint density at radius 2 is 1.32 bits per heavy atom. The molecule has 1 rings (SSSR count). The Hall–Kier alpha value is -2.97. The normalized spacial score (nSPS) is 11.8. The number of aliphatic hydroxyl groups is 1. The maximum atomic E-state index is 11.1. The fourth-order valence-electron chi connectivity index (χ4n) is 1.69. The Balaban J connectivity index is -0.000000216. The Morgan fingerprint density at radius 3 is 1.70 bits per heavy atom. The first-order chi connectivity index (χ1) is 18.7. The lowest BCUT2D eigenvalue weighted by molar-refractivity contribution is -0.140. The summed E-state index contributed by atoms with van der Waals surface area (Å²) in [5, 5.41) is 8.23. The van der Waals surface area contributed by atoms with Crippen LogP contribution >= 0.6 is 0 Å². The zero-order valence-electron chi connectivity index (χ0n) is 26.3. The van der Waals surface area contributed by atoms with Gasteiger partial charge in [-0.15, -0.1) is 13.2 Å². The summed E-state index contributed by atoms with van der Waals surface area (Å²) in [4.78, 5) is 32.0. The standard InChI is InChI=1S/C11H20O2.C7H10O3.C6H10O3.2C4H8/c1-4-6-7-8-9-13-11(12)10(3)5-2;1-5(2)7(8)10-4-6-3-9-6;1-2-6(8)9-5-3-4-7;2*1-4(2)3/h3-9H2,1-2H3;6H,1,3-4H2,2H3;2,7H,1,3-5H2;2*1H2,2-3H3. The topological polar surface area (TPSA) is 112 Å². The summed E-state index contributed by atoms with van der Waals surface area (Å²) in [6.45, 7) is 32.9. The third kappa shape index (κ3) is 48.1. The van der Waals surface area contributed by atoms with E-state index in [0.717, 1.165) is 18.9 Å². The molecule has 0 radical (unpaired) electrons. The van der Waals surface area contributed by atoms with Crippen LogP contribution < -0.4 is 0 Å². The maximum Gasteiger partial charge on any atom is 0.333 e. The highest BCUT2D eigenvalue weighted by Gasteiger charge is 2.24. The van der Waals surface area contributed by atoms with Gasteiger partial charge in [0.1, 0.15) is 12.7 Å². The molecule has 0 aliphatic carbocycles. The van der Waals surface area contributed by atoms with E-state index in [1.54, 1.807) is 6.92 Å². The number of carbonyl (C=O) groups is 3. The summed E-state index contributed by atoms with van der Waals surface area (Å²) in [5.41, 5.74) is 3.33. The monoisotopic (exact) mass is 568 g/mol. The van der Waals surface area contributed by atoms with Crippen LogP contribution in [0.5, 0.6) is 0 Å². The summed E-state index contributed by atoms with van der Waals surface area (Å²) in [7, 11) is 0. The van der Waals surface area contributed by atoms with Crippen molar-refractivity contribution in [2.75, 3.05) is 33.0 Å². The molecule has 1 N–H and O–H groups in total. The van der Waals surface area contributed by atoms with Gasteiger partial charge in [0.05, 0.1) is 19.8 Å². The number of allylic oxidation sites excluding steroid dienone is 2. The van der Waals surface area contributed by atoms with E-state index in [2.05, 4.69) is 44.6 Å². The van der Waals surface area contributed by atoms with Crippen LogP contribution in [0.15, 0.2) is 61.3 Å². The van der Waals surface area contributed by atoms with Gasteiger partial charge in [-0.1, -0.05) is 64.0 Å². The van der Waals surface area contributed by atoms with Crippen molar-refractivity contribution < 1.29 is 38.4 Å².